The maximum Gasteiger partial charge on any atom is 0.291 e. The van der Waals surface area contributed by atoms with E-state index in [1.54, 1.807) is 13.8 Å². The van der Waals surface area contributed by atoms with Crippen molar-refractivity contribution in [2.24, 2.45) is 11.3 Å². The summed E-state index contributed by atoms with van der Waals surface area (Å²) in [6.07, 6.45) is 2.48. The van der Waals surface area contributed by atoms with E-state index in [9.17, 15) is 14.4 Å². The van der Waals surface area contributed by atoms with Gasteiger partial charge in [0.1, 0.15) is 0 Å². The van der Waals surface area contributed by atoms with Gasteiger partial charge in [0.25, 0.3) is 5.91 Å². The highest BCUT2D eigenvalue weighted by atomic mass is 16.2. The van der Waals surface area contributed by atoms with Crippen LogP contribution in [-0.4, -0.2) is 35.0 Å². The summed E-state index contributed by atoms with van der Waals surface area (Å²) in [5, 5.41) is 0. The Kier molecular flexibility index (Phi) is 4.88. The molecule has 1 atom stereocenters. The highest BCUT2D eigenvalue weighted by Gasteiger charge is 2.41. The minimum absolute atomic E-state index is 0.0248. The van der Waals surface area contributed by atoms with Crippen LogP contribution in [0.15, 0.2) is 0 Å². The molecule has 4 heteroatoms. The standard InChI is InChI=1S/C15H25NO3/c1-10(2)15(4,5)13(18)14(19)16-9-7-6-8-12(16)11(3)17/h10,12H,6-9H2,1-5H3/t12-/m0/s1. The Morgan fingerprint density at radius 3 is 2.21 bits per heavy atom. The minimum atomic E-state index is -0.685. The average Bonchev–Trinajstić information content (AvgIpc) is 2.36. The molecular formula is C15H25NO3. The van der Waals surface area contributed by atoms with E-state index in [2.05, 4.69) is 0 Å². The first-order valence-electron chi connectivity index (χ1n) is 7.05. The number of rotatable bonds is 4. The van der Waals surface area contributed by atoms with Crippen LogP contribution in [0.4, 0.5) is 0 Å². The molecule has 1 fully saturated rings. The summed E-state index contributed by atoms with van der Waals surface area (Å²) in [7, 11) is 0. The average molecular weight is 267 g/mol. The Labute approximate surface area is 115 Å². The van der Waals surface area contributed by atoms with Crippen LogP contribution in [0, 0.1) is 11.3 Å². The van der Waals surface area contributed by atoms with Gasteiger partial charge in [-0.2, -0.15) is 0 Å². The fourth-order valence-corrected chi connectivity index (χ4v) is 2.27. The molecule has 0 unspecified atom stereocenters. The molecule has 0 bridgehead atoms. The van der Waals surface area contributed by atoms with Gasteiger partial charge >= 0.3 is 0 Å². The molecular weight excluding hydrogens is 242 g/mol. The lowest BCUT2D eigenvalue weighted by Crippen LogP contribution is -2.52. The molecule has 0 radical (unpaired) electrons. The van der Waals surface area contributed by atoms with Crippen molar-refractivity contribution in [3.63, 3.8) is 0 Å². The highest BCUT2D eigenvalue weighted by Crippen LogP contribution is 2.29. The number of hydrogen-bond donors (Lipinski definition) is 0. The molecule has 1 amide bonds. The molecule has 1 aliphatic heterocycles. The fourth-order valence-electron chi connectivity index (χ4n) is 2.27. The Hall–Kier alpha value is -1.19. The van der Waals surface area contributed by atoms with Crippen LogP contribution in [0.3, 0.4) is 0 Å². The van der Waals surface area contributed by atoms with E-state index in [4.69, 9.17) is 0 Å². The molecule has 0 N–H and O–H groups in total. The third kappa shape index (κ3) is 3.23. The van der Waals surface area contributed by atoms with Gasteiger partial charge in [0.15, 0.2) is 5.78 Å². The normalized spacial score (nSPS) is 20.5. The summed E-state index contributed by atoms with van der Waals surface area (Å²) in [5.74, 6) is -0.804. The molecule has 0 aromatic rings. The van der Waals surface area contributed by atoms with Crippen LogP contribution >= 0.6 is 0 Å². The fraction of sp³-hybridized carbons (Fsp3) is 0.800. The zero-order valence-electron chi connectivity index (χ0n) is 12.7. The monoisotopic (exact) mass is 267 g/mol. The van der Waals surface area contributed by atoms with E-state index in [0.717, 1.165) is 12.8 Å². The summed E-state index contributed by atoms with van der Waals surface area (Å²) in [5.41, 5.74) is -0.685. The van der Waals surface area contributed by atoms with Gasteiger partial charge < -0.3 is 4.90 Å². The third-order valence-electron chi connectivity index (χ3n) is 4.46. The second-order valence-electron chi connectivity index (χ2n) is 6.33. The van der Waals surface area contributed by atoms with E-state index in [1.165, 1.54) is 11.8 Å². The molecule has 0 aromatic carbocycles. The molecule has 4 nitrogen and oxygen atoms in total. The third-order valence-corrected chi connectivity index (χ3v) is 4.46. The van der Waals surface area contributed by atoms with Crippen molar-refractivity contribution in [1.82, 2.24) is 4.90 Å². The number of carbonyl (C=O) groups is 3. The van der Waals surface area contributed by atoms with E-state index >= 15 is 0 Å². The number of Topliss-reactive ketones (excluding diaryl/α,β-unsaturated/α-hetero) is 2. The number of hydrogen-bond acceptors (Lipinski definition) is 3. The molecule has 19 heavy (non-hydrogen) atoms. The Morgan fingerprint density at radius 2 is 1.74 bits per heavy atom. The molecule has 108 valence electrons. The quantitative estimate of drug-likeness (QED) is 0.734. The van der Waals surface area contributed by atoms with E-state index in [0.29, 0.717) is 13.0 Å². The number of ketones is 2. The van der Waals surface area contributed by atoms with Crippen molar-refractivity contribution >= 4 is 17.5 Å². The predicted molar refractivity (Wildman–Crippen MR) is 73.7 cm³/mol. The maximum absolute atomic E-state index is 12.4. The summed E-state index contributed by atoms with van der Waals surface area (Å²) in [4.78, 5) is 37.9. The number of amides is 1. The summed E-state index contributed by atoms with van der Waals surface area (Å²) in [6.45, 7) is 9.47. The lowest BCUT2D eigenvalue weighted by atomic mass is 9.76. The number of likely N-dealkylation sites (tertiary alicyclic amines) is 1. The van der Waals surface area contributed by atoms with Crippen LogP contribution in [0.1, 0.15) is 53.9 Å². The van der Waals surface area contributed by atoms with Crippen molar-refractivity contribution in [2.75, 3.05) is 6.54 Å². The maximum atomic E-state index is 12.4. The molecule has 1 aliphatic rings. The van der Waals surface area contributed by atoms with Crippen LogP contribution in [0.25, 0.3) is 0 Å². The van der Waals surface area contributed by atoms with Crippen LogP contribution in [-0.2, 0) is 14.4 Å². The Morgan fingerprint density at radius 1 is 1.16 bits per heavy atom. The first-order chi connectivity index (χ1) is 8.69. The summed E-state index contributed by atoms with van der Waals surface area (Å²) in [6, 6.07) is -0.409. The largest absolute Gasteiger partial charge is 0.326 e. The van der Waals surface area contributed by atoms with Crippen molar-refractivity contribution in [1.29, 1.82) is 0 Å². The highest BCUT2D eigenvalue weighted by molar-refractivity contribution is 6.38. The van der Waals surface area contributed by atoms with Crippen molar-refractivity contribution in [3.8, 4) is 0 Å². The lowest BCUT2D eigenvalue weighted by Gasteiger charge is -2.36. The number of piperidine rings is 1. The van der Waals surface area contributed by atoms with Gasteiger partial charge in [-0.1, -0.05) is 27.7 Å². The van der Waals surface area contributed by atoms with Crippen LogP contribution in [0.2, 0.25) is 0 Å². The molecule has 0 spiro atoms. The summed E-state index contributed by atoms with van der Waals surface area (Å²) < 4.78 is 0. The first kappa shape index (κ1) is 15.9. The zero-order chi connectivity index (χ0) is 14.8. The van der Waals surface area contributed by atoms with Crippen molar-refractivity contribution < 1.29 is 14.4 Å². The zero-order valence-corrected chi connectivity index (χ0v) is 12.7. The molecule has 0 aromatic heterocycles. The molecule has 1 heterocycles. The molecule has 1 rings (SSSR count). The van der Waals surface area contributed by atoms with Crippen molar-refractivity contribution in [3.05, 3.63) is 0 Å². The van der Waals surface area contributed by atoms with Gasteiger partial charge in [-0.3, -0.25) is 14.4 Å². The van der Waals surface area contributed by atoms with Gasteiger partial charge in [0, 0.05) is 12.0 Å². The van der Waals surface area contributed by atoms with Gasteiger partial charge in [-0.05, 0) is 32.1 Å². The lowest BCUT2D eigenvalue weighted by molar-refractivity contribution is -0.154. The first-order valence-corrected chi connectivity index (χ1v) is 7.05. The van der Waals surface area contributed by atoms with Gasteiger partial charge in [0.05, 0.1) is 6.04 Å². The summed E-state index contributed by atoms with van der Waals surface area (Å²) >= 11 is 0. The predicted octanol–water partition coefficient (Wildman–Crippen LogP) is 2.21. The SMILES string of the molecule is CC(=O)[C@@H]1CCCCN1C(=O)C(=O)C(C)(C)C(C)C. The van der Waals surface area contributed by atoms with Crippen molar-refractivity contribution in [2.45, 2.75) is 59.9 Å². The van der Waals surface area contributed by atoms with Gasteiger partial charge in [-0.15, -0.1) is 0 Å². The molecule has 0 aliphatic carbocycles. The Balaban J connectivity index is 2.92. The van der Waals surface area contributed by atoms with Gasteiger partial charge in [-0.25, -0.2) is 0 Å². The number of nitrogens with zero attached hydrogens (tertiary/aromatic N) is 1. The van der Waals surface area contributed by atoms with E-state index in [-0.39, 0.29) is 17.5 Å². The van der Waals surface area contributed by atoms with Gasteiger partial charge in [0.2, 0.25) is 5.78 Å². The van der Waals surface area contributed by atoms with E-state index < -0.39 is 17.4 Å². The Bertz CT molecular complexity index is 385. The second-order valence-corrected chi connectivity index (χ2v) is 6.33. The molecule has 1 saturated heterocycles. The second kappa shape index (κ2) is 5.85. The topological polar surface area (TPSA) is 54.5 Å². The van der Waals surface area contributed by atoms with E-state index in [1.807, 2.05) is 13.8 Å². The number of carbonyl (C=O) groups excluding carboxylic acids is 3. The molecule has 0 saturated carbocycles. The van der Waals surface area contributed by atoms with Crippen LogP contribution < -0.4 is 0 Å². The van der Waals surface area contributed by atoms with Crippen LogP contribution in [0.5, 0.6) is 0 Å². The smallest absolute Gasteiger partial charge is 0.291 e. The minimum Gasteiger partial charge on any atom is -0.326 e.